The van der Waals surface area contributed by atoms with Gasteiger partial charge in [0.15, 0.2) is 0 Å². The maximum absolute atomic E-state index is 11.4. The lowest BCUT2D eigenvalue weighted by Crippen LogP contribution is -2.49. The van der Waals surface area contributed by atoms with Crippen molar-refractivity contribution in [3.63, 3.8) is 0 Å². The summed E-state index contributed by atoms with van der Waals surface area (Å²) in [6, 6.07) is 1.25. The number of amides is 1. The van der Waals surface area contributed by atoms with Crippen LogP contribution in [-0.4, -0.2) is 43.3 Å². The summed E-state index contributed by atoms with van der Waals surface area (Å²) < 4.78 is 4.77. The first kappa shape index (κ1) is 14.6. The third-order valence-electron chi connectivity index (χ3n) is 4.58. The van der Waals surface area contributed by atoms with Gasteiger partial charge in [-0.1, -0.05) is 13.8 Å². The Kier molecular flexibility index (Phi) is 5.08. The third-order valence-corrected chi connectivity index (χ3v) is 4.58. The molecule has 0 radical (unpaired) electrons. The number of piperidine rings is 1. The van der Waals surface area contributed by atoms with Crippen molar-refractivity contribution in [1.29, 1.82) is 0 Å². The molecule has 1 aliphatic heterocycles. The number of nitrogens with zero attached hydrogens (tertiary/aromatic N) is 1. The molecule has 2 atom stereocenters. The van der Waals surface area contributed by atoms with Crippen molar-refractivity contribution in [3.8, 4) is 0 Å². The third kappa shape index (κ3) is 4.10. The van der Waals surface area contributed by atoms with E-state index in [4.69, 9.17) is 4.74 Å². The first-order valence-corrected chi connectivity index (χ1v) is 7.67. The van der Waals surface area contributed by atoms with Crippen LogP contribution in [-0.2, 0) is 4.74 Å². The predicted octanol–water partition coefficient (Wildman–Crippen LogP) is 2.63. The fraction of sp³-hybridized carbons (Fsp3) is 0.933. The maximum Gasteiger partial charge on any atom is 0.409 e. The van der Waals surface area contributed by atoms with Crippen molar-refractivity contribution in [2.24, 2.45) is 11.8 Å². The Morgan fingerprint density at radius 2 is 1.63 bits per heavy atom. The van der Waals surface area contributed by atoms with Crippen LogP contribution in [0.25, 0.3) is 0 Å². The molecule has 1 aliphatic carbocycles. The van der Waals surface area contributed by atoms with E-state index in [9.17, 15) is 4.79 Å². The van der Waals surface area contributed by atoms with E-state index in [1.165, 1.54) is 26.4 Å². The van der Waals surface area contributed by atoms with Crippen LogP contribution >= 0.6 is 0 Å². The quantitative estimate of drug-likeness (QED) is 0.837. The highest BCUT2D eigenvalue weighted by Crippen LogP contribution is 2.29. The summed E-state index contributed by atoms with van der Waals surface area (Å²) in [6.07, 6.45) is 5.91. The lowest BCUT2D eigenvalue weighted by Gasteiger charge is -2.37. The van der Waals surface area contributed by atoms with Gasteiger partial charge in [-0.25, -0.2) is 4.79 Å². The zero-order valence-corrected chi connectivity index (χ0v) is 12.5. The number of carbonyl (C=O) groups is 1. The molecule has 0 aromatic rings. The Labute approximate surface area is 116 Å². The van der Waals surface area contributed by atoms with Crippen LogP contribution in [0.2, 0.25) is 0 Å². The van der Waals surface area contributed by atoms with E-state index < -0.39 is 0 Å². The van der Waals surface area contributed by atoms with Gasteiger partial charge < -0.3 is 15.0 Å². The van der Waals surface area contributed by atoms with E-state index >= 15 is 0 Å². The van der Waals surface area contributed by atoms with Crippen molar-refractivity contribution in [3.05, 3.63) is 0 Å². The molecule has 0 unspecified atom stereocenters. The summed E-state index contributed by atoms with van der Waals surface area (Å²) in [5, 5.41) is 3.82. The Balaban J connectivity index is 1.74. The minimum Gasteiger partial charge on any atom is -0.453 e. The molecule has 0 spiro atoms. The molecule has 1 saturated heterocycles. The SMILES string of the molecule is COC(=O)N1CCC(NC2C[C@H](C)C[C@@H](C)C2)CC1. The van der Waals surface area contributed by atoms with Crippen molar-refractivity contribution in [2.75, 3.05) is 20.2 Å². The predicted molar refractivity (Wildman–Crippen MR) is 76.1 cm³/mol. The van der Waals surface area contributed by atoms with Crippen LogP contribution in [0, 0.1) is 11.8 Å². The lowest BCUT2D eigenvalue weighted by molar-refractivity contribution is 0.106. The molecule has 4 nitrogen and oxygen atoms in total. The van der Waals surface area contributed by atoms with E-state index in [2.05, 4.69) is 19.2 Å². The van der Waals surface area contributed by atoms with Gasteiger partial charge in [0.2, 0.25) is 0 Å². The second-order valence-electron chi connectivity index (χ2n) is 6.51. The molecular weight excluding hydrogens is 240 g/mol. The van der Waals surface area contributed by atoms with Crippen molar-refractivity contribution in [1.82, 2.24) is 10.2 Å². The van der Waals surface area contributed by atoms with Crippen LogP contribution in [0.4, 0.5) is 4.79 Å². The average Bonchev–Trinajstić information content (AvgIpc) is 2.37. The van der Waals surface area contributed by atoms with Gasteiger partial charge in [-0.15, -0.1) is 0 Å². The summed E-state index contributed by atoms with van der Waals surface area (Å²) in [4.78, 5) is 13.2. The van der Waals surface area contributed by atoms with Gasteiger partial charge in [0.05, 0.1) is 7.11 Å². The first-order chi connectivity index (χ1) is 9.08. The Bertz CT molecular complexity index is 291. The molecule has 2 fully saturated rings. The number of nitrogens with one attached hydrogen (secondary N) is 1. The van der Waals surface area contributed by atoms with Gasteiger partial charge in [0, 0.05) is 25.2 Å². The summed E-state index contributed by atoms with van der Waals surface area (Å²) in [5.74, 6) is 1.69. The van der Waals surface area contributed by atoms with E-state index in [1.54, 1.807) is 0 Å². The maximum atomic E-state index is 11.4. The first-order valence-electron chi connectivity index (χ1n) is 7.67. The summed E-state index contributed by atoms with van der Waals surface area (Å²) in [6.45, 7) is 6.37. The number of rotatable bonds is 2. The van der Waals surface area contributed by atoms with Crippen LogP contribution < -0.4 is 5.32 Å². The van der Waals surface area contributed by atoms with Gasteiger partial charge in [0.25, 0.3) is 0 Å². The van der Waals surface area contributed by atoms with E-state index in [-0.39, 0.29) is 6.09 Å². The van der Waals surface area contributed by atoms with Crippen molar-refractivity contribution < 1.29 is 9.53 Å². The second-order valence-corrected chi connectivity index (χ2v) is 6.51. The number of ether oxygens (including phenoxy) is 1. The minimum absolute atomic E-state index is 0.182. The summed E-state index contributed by atoms with van der Waals surface area (Å²) >= 11 is 0. The molecule has 0 aromatic heterocycles. The molecule has 2 rings (SSSR count). The van der Waals surface area contributed by atoms with E-state index in [0.717, 1.165) is 37.8 Å². The standard InChI is InChI=1S/C15H28N2O2/c1-11-8-12(2)10-14(9-11)16-13-4-6-17(7-5-13)15(18)19-3/h11-14,16H,4-10H2,1-3H3/t11-,12-/m1/s1. The lowest BCUT2D eigenvalue weighted by atomic mass is 9.80. The van der Waals surface area contributed by atoms with Gasteiger partial charge in [-0.2, -0.15) is 0 Å². The molecule has 19 heavy (non-hydrogen) atoms. The van der Waals surface area contributed by atoms with Gasteiger partial charge in [0.1, 0.15) is 0 Å². The van der Waals surface area contributed by atoms with Crippen LogP contribution in [0.5, 0.6) is 0 Å². The topological polar surface area (TPSA) is 41.6 Å². The summed E-state index contributed by atoms with van der Waals surface area (Å²) in [7, 11) is 1.46. The van der Waals surface area contributed by atoms with E-state index in [1.807, 2.05) is 4.90 Å². The second kappa shape index (κ2) is 6.60. The highest BCUT2D eigenvalue weighted by Gasteiger charge is 2.28. The number of hydrogen-bond donors (Lipinski definition) is 1. The Hall–Kier alpha value is -0.770. The molecule has 1 saturated carbocycles. The Morgan fingerprint density at radius 3 is 2.16 bits per heavy atom. The van der Waals surface area contributed by atoms with Crippen LogP contribution in [0.3, 0.4) is 0 Å². The minimum atomic E-state index is -0.182. The van der Waals surface area contributed by atoms with Gasteiger partial charge in [-0.05, 0) is 43.9 Å². The smallest absolute Gasteiger partial charge is 0.409 e. The molecule has 0 bridgehead atoms. The summed E-state index contributed by atoms with van der Waals surface area (Å²) in [5.41, 5.74) is 0. The largest absolute Gasteiger partial charge is 0.453 e. The fourth-order valence-corrected chi connectivity index (χ4v) is 3.77. The molecule has 0 aromatic carbocycles. The molecule has 2 aliphatic rings. The van der Waals surface area contributed by atoms with Crippen LogP contribution in [0.15, 0.2) is 0 Å². The highest BCUT2D eigenvalue weighted by atomic mass is 16.5. The molecule has 4 heteroatoms. The van der Waals surface area contributed by atoms with E-state index in [0.29, 0.717) is 12.1 Å². The fourth-order valence-electron chi connectivity index (χ4n) is 3.77. The molecular formula is C15H28N2O2. The zero-order chi connectivity index (χ0) is 13.8. The number of carbonyl (C=O) groups excluding carboxylic acids is 1. The number of hydrogen-bond acceptors (Lipinski definition) is 3. The molecule has 110 valence electrons. The van der Waals surface area contributed by atoms with Gasteiger partial charge in [-0.3, -0.25) is 0 Å². The molecule has 1 heterocycles. The number of likely N-dealkylation sites (tertiary alicyclic amines) is 1. The molecule has 1 N–H and O–H groups in total. The normalized spacial score (nSPS) is 33.2. The average molecular weight is 268 g/mol. The Morgan fingerprint density at radius 1 is 1.05 bits per heavy atom. The zero-order valence-electron chi connectivity index (χ0n) is 12.5. The van der Waals surface area contributed by atoms with Crippen molar-refractivity contribution in [2.45, 2.75) is 58.0 Å². The molecule has 1 amide bonds. The van der Waals surface area contributed by atoms with Gasteiger partial charge >= 0.3 is 6.09 Å². The highest BCUT2D eigenvalue weighted by molar-refractivity contribution is 5.67. The van der Waals surface area contributed by atoms with Crippen LogP contribution in [0.1, 0.15) is 46.0 Å². The van der Waals surface area contributed by atoms with Crippen molar-refractivity contribution >= 4 is 6.09 Å². The number of methoxy groups -OCH3 is 1. The monoisotopic (exact) mass is 268 g/mol.